The summed E-state index contributed by atoms with van der Waals surface area (Å²) in [6, 6.07) is 12.3. The number of nitrogens with zero attached hydrogens (tertiary/aromatic N) is 1. The molecule has 2 atom stereocenters. The van der Waals surface area contributed by atoms with Crippen LogP contribution in [0.1, 0.15) is 22.9 Å². The Kier molecular flexibility index (Phi) is 2.61. The van der Waals surface area contributed by atoms with Crippen molar-refractivity contribution in [2.24, 2.45) is 0 Å². The van der Waals surface area contributed by atoms with E-state index in [4.69, 9.17) is 0 Å². The Hall–Kier alpha value is -2.23. The van der Waals surface area contributed by atoms with Gasteiger partial charge in [-0.3, -0.25) is 0 Å². The summed E-state index contributed by atoms with van der Waals surface area (Å²) in [5.74, 6) is 0. The fraction of sp³-hybridized carbons (Fsp3) is 0.167. The number of hydrogen-bond donors (Lipinski definition) is 2. The van der Waals surface area contributed by atoms with Crippen molar-refractivity contribution < 1.29 is 10.2 Å². The van der Waals surface area contributed by atoms with E-state index in [0.717, 1.165) is 32.8 Å². The van der Waals surface area contributed by atoms with E-state index in [2.05, 4.69) is 23.2 Å². The summed E-state index contributed by atoms with van der Waals surface area (Å²) in [6.07, 6.45) is 1.61. The van der Waals surface area contributed by atoms with E-state index in [9.17, 15) is 10.2 Å². The van der Waals surface area contributed by atoms with Crippen molar-refractivity contribution in [1.29, 1.82) is 0 Å². The lowest BCUT2D eigenvalue weighted by Crippen LogP contribution is -2.21. The molecule has 0 fully saturated rings. The summed E-state index contributed by atoms with van der Waals surface area (Å²) in [4.78, 5) is 4.67. The molecule has 4 rings (SSSR count). The van der Waals surface area contributed by atoms with Crippen LogP contribution in [0.25, 0.3) is 27.8 Å². The van der Waals surface area contributed by atoms with Crippen molar-refractivity contribution >= 4 is 27.8 Å². The third kappa shape index (κ3) is 1.71. The highest BCUT2D eigenvalue weighted by atomic mass is 16.3. The number of rotatable bonds is 0. The fourth-order valence-corrected chi connectivity index (χ4v) is 3.09. The van der Waals surface area contributed by atoms with E-state index in [0.29, 0.717) is 5.69 Å². The van der Waals surface area contributed by atoms with Gasteiger partial charge >= 0.3 is 0 Å². The van der Waals surface area contributed by atoms with Crippen molar-refractivity contribution in [2.45, 2.75) is 19.1 Å². The fourth-order valence-electron chi connectivity index (χ4n) is 3.09. The van der Waals surface area contributed by atoms with E-state index < -0.39 is 12.2 Å². The molecule has 0 spiro atoms. The lowest BCUT2D eigenvalue weighted by atomic mass is 9.91. The van der Waals surface area contributed by atoms with Crippen LogP contribution in [-0.4, -0.2) is 21.3 Å². The Morgan fingerprint density at radius 2 is 1.81 bits per heavy atom. The molecular weight excluding hydrogens is 262 g/mol. The maximum absolute atomic E-state index is 10.2. The Labute approximate surface area is 122 Å². The molecule has 0 aliphatic heterocycles. The molecule has 2 N–H and O–H groups in total. The molecule has 2 aromatic carbocycles. The molecule has 3 nitrogen and oxygen atoms in total. The number of aliphatic hydroxyl groups excluding tert-OH is 2. The predicted molar refractivity (Wildman–Crippen MR) is 84.0 cm³/mol. The lowest BCUT2D eigenvalue weighted by Gasteiger charge is -2.23. The minimum atomic E-state index is -0.966. The first kappa shape index (κ1) is 12.5. The summed E-state index contributed by atoms with van der Waals surface area (Å²) < 4.78 is 0. The highest BCUT2D eigenvalue weighted by Crippen LogP contribution is 2.35. The average Bonchev–Trinajstić information content (AvgIpc) is 2.51. The third-order valence-corrected chi connectivity index (χ3v) is 4.28. The van der Waals surface area contributed by atoms with E-state index >= 15 is 0 Å². The van der Waals surface area contributed by atoms with E-state index in [1.807, 2.05) is 31.2 Å². The summed E-state index contributed by atoms with van der Waals surface area (Å²) in [7, 11) is 0. The van der Waals surface area contributed by atoms with Crippen LogP contribution >= 0.6 is 0 Å². The van der Waals surface area contributed by atoms with Gasteiger partial charge in [0.1, 0.15) is 12.2 Å². The zero-order valence-corrected chi connectivity index (χ0v) is 11.6. The maximum Gasteiger partial charge on any atom is 0.126 e. The predicted octanol–water partition coefficient (Wildman–Crippen LogP) is 3.12. The molecule has 1 aromatic heterocycles. The SMILES string of the molecule is Cc1c2c(nc3c1ccc1ccccc13)C(O)C(O)C=C2. The van der Waals surface area contributed by atoms with Crippen LogP contribution in [-0.2, 0) is 0 Å². The monoisotopic (exact) mass is 277 g/mol. The molecule has 0 saturated heterocycles. The van der Waals surface area contributed by atoms with Crippen LogP contribution in [0.15, 0.2) is 42.5 Å². The Balaban J connectivity index is 2.17. The molecule has 3 aromatic rings. The number of fused-ring (bicyclic) bond motifs is 4. The van der Waals surface area contributed by atoms with Gasteiger partial charge < -0.3 is 10.2 Å². The number of aliphatic hydroxyl groups is 2. The molecule has 2 unspecified atom stereocenters. The van der Waals surface area contributed by atoms with Gasteiger partial charge in [-0.2, -0.15) is 0 Å². The van der Waals surface area contributed by atoms with E-state index in [-0.39, 0.29) is 0 Å². The van der Waals surface area contributed by atoms with Crippen LogP contribution in [0.5, 0.6) is 0 Å². The summed E-state index contributed by atoms with van der Waals surface area (Å²) in [5, 5.41) is 23.3. The first-order valence-corrected chi connectivity index (χ1v) is 7.03. The van der Waals surface area contributed by atoms with Gasteiger partial charge in [0.2, 0.25) is 0 Å². The quantitative estimate of drug-likeness (QED) is 0.621. The van der Waals surface area contributed by atoms with E-state index in [1.54, 1.807) is 6.08 Å². The highest BCUT2D eigenvalue weighted by molar-refractivity contribution is 6.07. The van der Waals surface area contributed by atoms with Gasteiger partial charge in [-0.05, 0) is 17.9 Å². The standard InChI is InChI=1S/C18H15NO2/c1-10-12-7-6-11-4-2-3-5-14(11)16(12)19-17-13(10)8-9-15(20)18(17)21/h2-9,15,18,20-21H,1H3. The van der Waals surface area contributed by atoms with Gasteiger partial charge in [-0.1, -0.05) is 48.6 Å². The number of aromatic nitrogens is 1. The van der Waals surface area contributed by atoms with Crippen molar-refractivity contribution in [2.75, 3.05) is 0 Å². The molecule has 0 bridgehead atoms. The van der Waals surface area contributed by atoms with Gasteiger partial charge in [-0.25, -0.2) is 4.98 Å². The molecule has 1 aliphatic rings. The minimum Gasteiger partial charge on any atom is -0.386 e. The third-order valence-electron chi connectivity index (χ3n) is 4.28. The average molecular weight is 277 g/mol. The molecule has 0 radical (unpaired) electrons. The first-order chi connectivity index (χ1) is 10.2. The molecule has 1 heterocycles. The van der Waals surface area contributed by atoms with Crippen molar-refractivity contribution in [3.63, 3.8) is 0 Å². The van der Waals surface area contributed by atoms with Crippen LogP contribution in [0.2, 0.25) is 0 Å². The summed E-state index contributed by atoms with van der Waals surface area (Å²) in [5.41, 5.74) is 3.44. The molecule has 0 saturated carbocycles. The summed E-state index contributed by atoms with van der Waals surface area (Å²) >= 11 is 0. The molecule has 21 heavy (non-hydrogen) atoms. The Morgan fingerprint density at radius 3 is 2.67 bits per heavy atom. The molecule has 0 amide bonds. The van der Waals surface area contributed by atoms with Gasteiger partial charge in [0.25, 0.3) is 0 Å². The van der Waals surface area contributed by atoms with Gasteiger partial charge in [0.05, 0.1) is 11.2 Å². The second-order valence-electron chi connectivity index (χ2n) is 5.51. The van der Waals surface area contributed by atoms with Crippen LogP contribution < -0.4 is 0 Å². The smallest absolute Gasteiger partial charge is 0.126 e. The molecule has 104 valence electrons. The Bertz CT molecular complexity index is 898. The van der Waals surface area contributed by atoms with Gasteiger partial charge in [-0.15, -0.1) is 0 Å². The molecule has 1 aliphatic carbocycles. The van der Waals surface area contributed by atoms with Crippen LogP contribution in [0.4, 0.5) is 0 Å². The highest BCUT2D eigenvalue weighted by Gasteiger charge is 2.26. The number of aryl methyl sites for hydroxylation is 1. The van der Waals surface area contributed by atoms with Crippen molar-refractivity contribution in [3.8, 4) is 0 Å². The number of benzene rings is 2. The molecular formula is C18H15NO2. The normalized spacial score (nSPS) is 20.9. The van der Waals surface area contributed by atoms with E-state index in [1.165, 1.54) is 0 Å². The largest absolute Gasteiger partial charge is 0.386 e. The van der Waals surface area contributed by atoms with Crippen LogP contribution in [0, 0.1) is 6.92 Å². The first-order valence-electron chi connectivity index (χ1n) is 7.03. The zero-order chi connectivity index (χ0) is 14.6. The topological polar surface area (TPSA) is 53.4 Å². The van der Waals surface area contributed by atoms with Crippen molar-refractivity contribution in [3.05, 3.63) is 59.3 Å². The van der Waals surface area contributed by atoms with Crippen LogP contribution in [0.3, 0.4) is 0 Å². The number of hydrogen-bond acceptors (Lipinski definition) is 3. The minimum absolute atomic E-state index is 0.561. The summed E-state index contributed by atoms with van der Waals surface area (Å²) in [6.45, 7) is 2.03. The number of pyridine rings is 1. The second kappa shape index (κ2) is 4.38. The zero-order valence-electron chi connectivity index (χ0n) is 11.6. The maximum atomic E-state index is 10.2. The second-order valence-corrected chi connectivity index (χ2v) is 5.51. The van der Waals surface area contributed by atoms with Gasteiger partial charge in [0.15, 0.2) is 0 Å². The van der Waals surface area contributed by atoms with Crippen molar-refractivity contribution in [1.82, 2.24) is 4.98 Å². The molecule has 3 heteroatoms. The lowest BCUT2D eigenvalue weighted by molar-refractivity contribution is 0.0442. The van der Waals surface area contributed by atoms with Gasteiger partial charge in [0, 0.05) is 16.3 Å². The Morgan fingerprint density at radius 1 is 1.00 bits per heavy atom.